The lowest BCUT2D eigenvalue weighted by molar-refractivity contribution is 0.0932. The first-order valence-corrected chi connectivity index (χ1v) is 7.31. The first-order chi connectivity index (χ1) is 9.20. The van der Waals surface area contributed by atoms with Gasteiger partial charge in [0.1, 0.15) is 0 Å². The smallest absolute Gasteiger partial charge is 0.165 e. The Morgan fingerprint density at radius 2 is 1.79 bits per heavy atom. The first kappa shape index (κ1) is 14.5. The molecule has 19 heavy (non-hydrogen) atoms. The van der Waals surface area contributed by atoms with Crippen molar-refractivity contribution in [1.29, 1.82) is 0 Å². The number of benzene rings is 1. The number of hydrogen-bond donors (Lipinski definition) is 0. The van der Waals surface area contributed by atoms with Gasteiger partial charge in [0.25, 0.3) is 0 Å². The van der Waals surface area contributed by atoms with E-state index in [4.69, 9.17) is 11.6 Å². The van der Waals surface area contributed by atoms with Crippen molar-refractivity contribution in [1.82, 2.24) is 9.80 Å². The van der Waals surface area contributed by atoms with E-state index in [-0.39, 0.29) is 5.78 Å². The second kappa shape index (κ2) is 7.04. The molecule has 2 rings (SSSR count). The summed E-state index contributed by atoms with van der Waals surface area (Å²) in [5.41, 5.74) is 0.649. The van der Waals surface area contributed by atoms with Gasteiger partial charge in [0.05, 0.1) is 5.02 Å². The number of Topliss-reactive ketones (excluding diaryl/α,β-unsaturated/α-hetero) is 1. The van der Waals surface area contributed by atoms with E-state index in [0.29, 0.717) is 17.0 Å². The molecule has 1 saturated heterocycles. The van der Waals surface area contributed by atoms with E-state index < -0.39 is 0 Å². The van der Waals surface area contributed by atoms with Gasteiger partial charge in [-0.25, -0.2) is 0 Å². The summed E-state index contributed by atoms with van der Waals surface area (Å²) in [4.78, 5) is 16.9. The monoisotopic (exact) mass is 280 g/mol. The van der Waals surface area contributed by atoms with Gasteiger partial charge in [0.2, 0.25) is 0 Å². The van der Waals surface area contributed by atoms with Crippen LogP contribution >= 0.6 is 11.6 Å². The van der Waals surface area contributed by atoms with Crippen molar-refractivity contribution in [3.05, 3.63) is 34.9 Å². The van der Waals surface area contributed by atoms with Crippen molar-refractivity contribution in [2.45, 2.75) is 13.3 Å². The van der Waals surface area contributed by atoms with Gasteiger partial charge < -0.3 is 9.80 Å². The van der Waals surface area contributed by atoms with Crippen LogP contribution in [0.4, 0.5) is 0 Å². The van der Waals surface area contributed by atoms with Gasteiger partial charge in [-0.2, -0.15) is 0 Å². The van der Waals surface area contributed by atoms with Crippen LogP contribution in [0, 0.1) is 0 Å². The van der Waals surface area contributed by atoms with Gasteiger partial charge in [-0.1, -0.05) is 30.7 Å². The lowest BCUT2D eigenvalue weighted by Crippen LogP contribution is -2.46. The predicted molar refractivity (Wildman–Crippen MR) is 79.0 cm³/mol. The Kier molecular flexibility index (Phi) is 5.37. The summed E-state index contributed by atoms with van der Waals surface area (Å²) < 4.78 is 0. The van der Waals surface area contributed by atoms with Crippen molar-refractivity contribution < 1.29 is 4.79 Å². The summed E-state index contributed by atoms with van der Waals surface area (Å²) in [6.07, 6.45) is 0.551. The largest absolute Gasteiger partial charge is 0.301 e. The number of piperazine rings is 1. The van der Waals surface area contributed by atoms with E-state index in [2.05, 4.69) is 16.7 Å². The SMILES string of the molecule is CCN1CCN(CCC(=O)c2ccccc2Cl)CC1. The van der Waals surface area contributed by atoms with Gasteiger partial charge in [-0.3, -0.25) is 4.79 Å². The third-order valence-corrected chi connectivity index (χ3v) is 4.07. The van der Waals surface area contributed by atoms with Crippen LogP contribution in [0.2, 0.25) is 5.02 Å². The van der Waals surface area contributed by atoms with Crippen LogP contribution in [-0.4, -0.2) is 54.9 Å². The van der Waals surface area contributed by atoms with Crippen LogP contribution in [0.25, 0.3) is 0 Å². The molecule has 4 heteroatoms. The molecule has 0 unspecified atom stereocenters. The number of nitrogens with zero attached hydrogens (tertiary/aromatic N) is 2. The van der Waals surface area contributed by atoms with Crippen LogP contribution in [-0.2, 0) is 0 Å². The van der Waals surface area contributed by atoms with Crippen molar-refractivity contribution in [2.24, 2.45) is 0 Å². The van der Waals surface area contributed by atoms with Crippen molar-refractivity contribution in [3.8, 4) is 0 Å². The van der Waals surface area contributed by atoms with E-state index in [1.54, 1.807) is 12.1 Å². The third kappa shape index (κ3) is 4.03. The van der Waals surface area contributed by atoms with Crippen LogP contribution in [0.1, 0.15) is 23.7 Å². The summed E-state index contributed by atoms with van der Waals surface area (Å²) >= 11 is 6.04. The zero-order chi connectivity index (χ0) is 13.7. The maximum Gasteiger partial charge on any atom is 0.165 e. The third-order valence-electron chi connectivity index (χ3n) is 3.74. The number of halogens is 1. The molecule has 1 fully saturated rings. The molecule has 0 radical (unpaired) electrons. The molecule has 0 spiro atoms. The summed E-state index contributed by atoms with van der Waals surface area (Å²) in [7, 11) is 0. The molecule has 104 valence electrons. The highest BCUT2D eigenvalue weighted by Gasteiger charge is 2.17. The lowest BCUT2D eigenvalue weighted by atomic mass is 10.1. The summed E-state index contributed by atoms with van der Waals surface area (Å²) in [5.74, 6) is 0.142. The molecule has 0 N–H and O–H groups in total. The Balaban J connectivity index is 1.80. The minimum Gasteiger partial charge on any atom is -0.301 e. The number of rotatable bonds is 5. The predicted octanol–water partition coefficient (Wildman–Crippen LogP) is 2.55. The average Bonchev–Trinajstić information content (AvgIpc) is 2.46. The molecule has 1 aliphatic heterocycles. The fraction of sp³-hybridized carbons (Fsp3) is 0.533. The summed E-state index contributed by atoms with van der Waals surface area (Å²) in [6, 6.07) is 7.29. The number of likely N-dealkylation sites (N-methyl/N-ethyl adjacent to an activating group) is 1. The van der Waals surface area contributed by atoms with Crippen LogP contribution < -0.4 is 0 Å². The molecule has 1 aromatic rings. The van der Waals surface area contributed by atoms with Crippen LogP contribution in [0.3, 0.4) is 0 Å². The van der Waals surface area contributed by atoms with Gasteiger partial charge in [-0.15, -0.1) is 0 Å². The maximum absolute atomic E-state index is 12.1. The van der Waals surface area contributed by atoms with E-state index in [0.717, 1.165) is 39.3 Å². The van der Waals surface area contributed by atoms with Crippen molar-refractivity contribution >= 4 is 17.4 Å². The standard InChI is InChI=1S/C15H21ClN2O/c1-2-17-9-11-18(12-10-17)8-7-15(19)13-5-3-4-6-14(13)16/h3-6H,2,7-12H2,1H3. The number of carbonyl (C=O) groups excluding carboxylic acids is 1. The Bertz CT molecular complexity index is 428. The Hall–Kier alpha value is -0.900. The summed E-state index contributed by atoms with van der Waals surface area (Å²) in [6.45, 7) is 8.48. The minimum atomic E-state index is 0.142. The highest BCUT2D eigenvalue weighted by molar-refractivity contribution is 6.33. The molecular formula is C15H21ClN2O. The minimum absolute atomic E-state index is 0.142. The second-order valence-corrected chi connectivity index (χ2v) is 5.34. The molecule has 0 aromatic heterocycles. The molecule has 0 amide bonds. The van der Waals surface area contributed by atoms with Crippen molar-refractivity contribution in [2.75, 3.05) is 39.3 Å². The highest BCUT2D eigenvalue weighted by atomic mass is 35.5. The van der Waals surface area contributed by atoms with Gasteiger partial charge in [0, 0.05) is 44.7 Å². The van der Waals surface area contributed by atoms with E-state index in [1.165, 1.54) is 0 Å². The zero-order valence-corrected chi connectivity index (χ0v) is 12.2. The van der Waals surface area contributed by atoms with Crippen LogP contribution in [0.5, 0.6) is 0 Å². The molecule has 1 heterocycles. The average molecular weight is 281 g/mol. The van der Waals surface area contributed by atoms with Gasteiger partial charge >= 0.3 is 0 Å². The van der Waals surface area contributed by atoms with E-state index in [1.807, 2.05) is 12.1 Å². The number of ketones is 1. The Morgan fingerprint density at radius 3 is 2.42 bits per heavy atom. The van der Waals surface area contributed by atoms with Crippen molar-refractivity contribution in [3.63, 3.8) is 0 Å². The quantitative estimate of drug-likeness (QED) is 0.775. The first-order valence-electron chi connectivity index (χ1n) is 6.93. The van der Waals surface area contributed by atoms with Gasteiger partial charge in [-0.05, 0) is 18.7 Å². The zero-order valence-electron chi connectivity index (χ0n) is 11.4. The maximum atomic E-state index is 12.1. The lowest BCUT2D eigenvalue weighted by Gasteiger charge is -2.33. The Morgan fingerprint density at radius 1 is 1.16 bits per heavy atom. The number of hydrogen-bond acceptors (Lipinski definition) is 3. The Labute approximate surface area is 120 Å². The summed E-state index contributed by atoms with van der Waals surface area (Å²) in [5, 5.41) is 0.559. The van der Waals surface area contributed by atoms with E-state index >= 15 is 0 Å². The molecule has 1 aromatic carbocycles. The molecular weight excluding hydrogens is 260 g/mol. The van der Waals surface area contributed by atoms with Gasteiger partial charge in [0.15, 0.2) is 5.78 Å². The number of carbonyl (C=O) groups is 1. The van der Waals surface area contributed by atoms with Crippen LogP contribution in [0.15, 0.2) is 24.3 Å². The molecule has 0 saturated carbocycles. The molecule has 1 aliphatic rings. The normalized spacial score (nSPS) is 17.6. The topological polar surface area (TPSA) is 23.6 Å². The molecule has 3 nitrogen and oxygen atoms in total. The van der Waals surface area contributed by atoms with E-state index in [9.17, 15) is 4.79 Å². The fourth-order valence-electron chi connectivity index (χ4n) is 2.41. The highest BCUT2D eigenvalue weighted by Crippen LogP contribution is 2.17. The second-order valence-electron chi connectivity index (χ2n) is 4.93. The fourth-order valence-corrected chi connectivity index (χ4v) is 2.65. The molecule has 0 aliphatic carbocycles. The molecule has 0 bridgehead atoms. The molecule has 0 atom stereocenters.